The number of carbonyl (C=O) groups excluding carboxylic acids is 3. The fraction of sp³-hybridized carbons (Fsp3) is 0.346. The number of fused-ring (bicyclic) bond motifs is 1. The van der Waals surface area contributed by atoms with E-state index in [0.29, 0.717) is 24.3 Å². The SMILES string of the molecule is CCc1ccc(C(=O)CCC(=O)Nc2ccc3c(ccn3CC(=O)N(CC)CC)c2)cc1. The Morgan fingerprint density at radius 1 is 0.906 bits per heavy atom. The minimum Gasteiger partial charge on any atom is -0.342 e. The standard InChI is InChI=1S/C26H31N3O3/c1-4-19-7-9-20(10-8-19)24(30)13-14-25(31)27-22-11-12-23-21(17-22)15-16-29(23)18-26(32)28(5-2)6-3/h7-12,15-17H,4-6,13-14,18H2,1-3H3,(H,27,31). The van der Waals surface area contributed by atoms with E-state index in [1.165, 1.54) is 5.56 Å². The topological polar surface area (TPSA) is 71.4 Å². The zero-order valence-corrected chi connectivity index (χ0v) is 19.1. The van der Waals surface area contributed by atoms with Crippen molar-refractivity contribution in [1.82, 2.24) is 9.47 Å². The lowest BCUT2D eigenvalue weighted by molar-refractivity contribution is -0.131. The number of aromatic nitrogens is 1. The Hall–Kier alpha value is -3.41. The third kappa shape index (κ3) is 5.63. The molecule has 0 unspecified atom stereocenters. The second-order valence-electron chi connectivity index (χ2n) is 7.81. The molecule has 0 bridgehead atoms. The third-order valence-corrected chi connectivity index (χ3v) is 5.74. The Morgan fingerprint density at radius 3 is 2.28 bits per heavy atom. The molecule has 6 nitrogen and oxygen atoms in total. The van der Waals surface area contributed by atoms with E-state index in [-0.39, 0.29) is 37.0 Å². The highest BCUT2D eigenvalue weighted by atomic mass is 16.2. The number of rotatable bonds is 10. The Kier molecular flexibility index (Phi) is 7.82. The third-order valence-electron chi connectivity index (χ3n) is 5.74. The lowest BCUT2D eigenvalue weighted by atomic mass is 10.0. The normalized spacial score (nSPS) is 10.8. The van der Waals surface area contributed by atoms with Crippen molar-refractivity contribution >= 4 is 34.2 Å². The Morgan fingerprint density at radius 2 is 1.62 bits per heavy atom. The number of Topliss-reactive ketones (excluding diaryl/α,β-unsaturated/α-hetero) is 1. The number of carbonyl (C=O) groups is 3. The molecule has 0 atom stereocenters. The van der Waals surface area contributed by atoms with Crippen LogP contribution in [0.5, 0.6) is 0 Å². The van der Waals surface area contributed by atoms with Crippen LogP contribution in [0.4, 0.5) is 5.69 Å². The summed E-state index contributed by atoms with van der Waals surface area (Å²) in [5.74, 6) is -0.147. The van der Waals surface area contributed by atoms with Crippen molar-refractivity contribution in [3.8, 4) is 0 Å². The second-order valence-corrected chi connectivity index (χ2v) is 7.81. The smallest absolute Gasteiger partial charge is 0.242 e. The zero-order chi connectivity index (χ0) is 23.1. The van der Waals surface area contributed by atoms with Gasteiger partial charge in [0.1, 0.15) is 6.54 Å². The van der Waals surface area contributed by atoms with Crippen LogP contribution >= 0.6 is 0 Å². The minimum atomic E-state index is -0.195. The molecule has 168 valence electrons. The molecule has 6 heteroatoms. The van der Waals surface area contributed by atoms with Crippen LogP contribution in [0.25, 0.3) is 10.9 Å². The van der Waals surface area contributed by atoms with E-state index in [4.69, 9.17) is 0 Å². The van der Waals surface area contributed by atoms with Crippen LogP contribution in [0.3, 0.4) is 0 Å². The predicted molar refractivity (Wildman–Crippen MR) is 128 cm³/mol. The van der Waals surface area contributed by atoms with Gasteiger partial charge in [0, 0.05) is 54.3 Å². The summed E-state index contributed by atoms with van der Waals surface area (Å²) in [5, 5.41) is 3.82. The Bertz CT molecular complexity index is 1100. The molecule has 0 spiro atoms. The first-order valence-corrected chi connectivity index (χ1v) is 11.2. The number of anilines is 1. The van der Waals surface area contributed by atoms with Crippen molar-refractivity contribution in [2.75, 3.05) is 18.4 Å². The molecule has 2 aromatic carbocycles. The monoisotopic (exact) mass is 433 g/mol. The molecule has 0 radical (unpaired) electrons. The van der Waals surface area contributed by atoms with Crippen LogP contribution in [-0.2, 0) is 22.6 Å². The van der Waals surface area contributed by atoms with E-state index in [2.05, 4.69) is 12.2 Å². The highest BCUT2D eigenvalue weighted by Crippen LogP contribution is 2.21. The summed E-state index contributed by atoms with van der Waals surface area (Å²) < 4.78 is 1.92. The average Bonchev–Trinajstić information content (AvgIpc) is 3.20. The van der Waals surface area contributed by atoms with Gasteiger partial charge in [-0.2, -0.15) is 0 Å². The lowest BCUT2D eigenvalue weighted by Gasteiger charge is -2.19. The van der Waals surface area contributed by atoms with E-state index in [0.717, 1.165) is 17.3 Å². The van der Waals surface area contributed by atoms with Gasteiger partial charge in [0.15, 0.2) is 5.78 Å². The van der Waals surface area contributed by atoms with Crippen molar-refractivity contribution in [3.05, 3.63) is 65.9 Å². The highest BCUT2D eigenvalue weighted by Gasteiger charge is 2.13. The summed E-state index contributed by atoms with van der Waals surface area (Å²) in [6.45, 7) is 7.69. The molecule has 1 N–H and O–H groups in total. The van der Waals surface area contributed by atoms with Crippen molar-refractivity contribution in [3.63, 3.8) is 0 Å². The van der Waals surface area contributed by atoms with Crippen LogP contribution in [0.15, 0.2) is 54.7 Å². The number of aryl methyl sites for hydroxylation is 1. The summed E-state index contributed by atoms with van der Waals surface area (Å²) in [4.78, 5) is 38.9. The van der Waals surface area contributed by atoms with Gasteiger partial charge in [0.25, 0.3) is 0 Å². The van der Waals surface area contributed by atoms with Gasteiger partial charge in [-0.05, 0) is 50.1 Å². The van der Waals surface area contributed by atoms with Crippen molar-refractivity contribution < 1.29 is 14.4 Å². The Balaban J connectivity index is 1.58. The van der Waals surface area contributed by atoms with Crippen molar-refractivity contribution in [1.29, 1.82) is 0 Å². The molecule has 1 aromatic heterocycles. The number of hydrogen-bond acceptors (Lipinski definition) is 3. The van der Waals surface area contributed by atoms with Crippen LogP contribution in [0, 0.1) is 0 Å². The van der Waals surface area contributed by atoms with Gasteiger partial charge in [0.2, 0.25) is 11.8 Å². The second kappa shape index (κ2) is 10.8. The van der Waals surface area contributed by atoms with E-state index in [9.17, 15) is 14.4 Å². The number of ketones is 1. The predicted octanol–water partition coefficient (Wildman–Crippen LogP) is 4.67. The molecular formula is C26H31N3O3. The maximum atomic E-state index is 12.4. The molecule has 0 aliphatic heterocycles. The van der Waals surface area contributed by atoms with Gasteiger partial charge in [0.05, 0.1) is 0 Å². The first kappa shape index (κ1) is 23.3. The van der Waals surface area contributed by atoms with Crippen LogP contribution in [0.2, 0.25) is 0 Å². The molecule has 32 heavy (non-hydrogen) atoms. The van der Waals surface area contributed by atoms with Gasteiger partial charge in [-0.15, -0.1) is 0 Å². The number of hydrogen-bond donors (Lipinski definition) is 1. The molecule has 3 aromatic rings. The maximum Gasteiger partial charge on any atom is 0.242 e. The molecule has 0 aliphatic rings. The number of nitrogens with zero attached hydrogens (tertiary/aromatic N) is 2. The number of nitrogens with one attached hydrogen (secondary N) is 1. The first-order valence-electron chi connectivity index (χ1n) is 11.2. The van der Waals surface area contributed by atoms with E-state index in [1.54, 1.807) is 4.90 Å². The summed E-state index contributed by atoms with van der Waals surface area (Å²) in [7, 11) is 0. The van der Waals surface area contributed by atoms with E-state index in [1.807, 2.05) is 73.1 Å². The summed E-state index contributed by atoms with van der Waals surface area (Å²) in [6.07, 6.45) is 3.12. The molecule has 0 saturated carbocycles. The van der Waals surface area contributed by atoms with Gasteiger partial charge >= 0.3 is 0 Å². The van der Waals surface area contributed by atoms with Gasteiger partial charge in [-0.1, -0.05) is 31.2 Å². The molecule has 2 amide bonds. The molecular weight excluding hydrogens is 402 g/mol. The van der Waals surface area contributed by atoms with Crippen LogP contribution < -0.4 is 5.32 Å². The fourth-order valence-electron chi connectivity index (χ4n) is 3.76. The lowest BCUT2D eigenvalue weighted by Crippen LogP contribution is -2.33. The molecule has 0 saturated heterocycles. The largest absolute Gasteiger partial charge is 0.342 e. The highest BCUT2D eigenvalue weighted by molar-refractivity contribution is 6.00. The van der Waals surface area contributed by atoms with Crippen molar-refractivity contribution in [2.45, 2.75) is 46.6 Å². The van der Waals surface area contributed by atoms with Crippen LogP contribution in [-0.4, -0.2) is 40.2 Å². The zero-order valence-electron chi connectivity index (χ0n) is 19.1. The van der Waals surface area contributed by atoms with E-state index < -0.39 is 0 Å². The fourth-order valence-corrected chi connectivity index (χ4v) is 3.76. The summed E-state index contributed by atoms with van der Waals surface area (Å²) >= 11 is 0. The number of amides is 2. The maximum absolute atomic E-state index is 12.4. The molecule has 0 aliphatic carbocycles. The Labute approximate surface area is 189 Å². The molecule has 0 fully saturated rings. The molecule has 1 heterocycles. The quantitative estimate of drug-likeness (QED) is 0.472. The molecule has 3 rings (SSSR count). The summed E-state index contributed by atoms with van der Waals surface area (Å²) in [6, 6.07) is 15.1. The number of benzene rings is 2. The van der Waals surface area contributed by atoms with Gasteiger partial charge < -0.3 is 14.8 Å². The van der Waals surface area contributed by atoms with Crippen LogP contribution in [0.1, 0.15) is 49.5 Å². The average molecular weight is 434 g/mol. The van der Waals surface area contributed by atoms with Crippen molar-refractivity contribution in [2.24, 2.45) is 0 Å². The van der Waals surface area contributed by atoms with Gasteiger partial charge in [-0.25, -0.2) is 0 Å². The summed E-state index contributed by atoms with van der Waals surface area (Å²) in [5.41, 5.74) is 3.43. The first-order chi connectivity index (χ1) is 15.4. The van der Waals surface area contributed by atoms with E-state index >= 15 is 0 Å². The van der Waals surface area contributed by atoms with Gasteiger partial charge in [-0.3, -0.25) is 14.4 Å². The minimum absolute atomic E-state index is 0.0341. The number of likely N-dealkylation sites (N-methyl/N-ethyl adjacent to an activating group) is 1.